The Hall–Kier alpha value is -4.29. The molecule has 0 atom stereocenters. The number of rotatable bonds is 7. The summed E-state index contributed by atoms with van der Waals surface area (Å²) in [7, 11) is 1.23. The molecule has 5 amide bonds. The second kappa shape index (κ2) is 12.5. The largest absolute Gasteiger partial charge is 0.482 e. The van der Waals surface area contributed by atoms with Gasteiger partial charge < -0.3 is 14.8 Å². The van der Waals surface area contributed by atoms with Crippen LogP contribution in [-0.4, -0.2) is 43.4 Å². The SMILES string of the molecule is COC(=O)c1ccc(N2C(=O)NC(=O)/C(=C/c3cc(Br)cc(Br)c3OCC(=O)Nc3cccc(C)c3C)C2=O)cc1. The first-order chi connectivity index (χ1) is 19.5. The highest BCUT2D eigenvalue weighted by Gasteiger charge is 2.37. The van der Waals surface area contributed by atoms with Crippen LogP contribution in [0.2, 0.25) is 0 Å². The number of benzene rings is 3. The lowest BCUT2D eigenvalue weighted by molar-refractivity contribution is -0.122. The number of carbonyl (C=O) groups excluding carboxylic acids is 5. The molecular weight excluding hydrogens is 662 g/mol. The van der Waals surface area contributed by atoms with Crippen LogP contribution in [0.5, 0.6) is 5.75 Å². The summed E-state index contributed by atoms with van der Waals surface area (Å²) in [5.41, 5.74) is 2.90. The first kappa shape index (κ1) is 29.7. The molecule has 0 bridgehead atoms. The Balaban J connectivity index is 1.62. The molecule has 1 saturated heterocycles. The normalized spacial score (nSPS) is 14.1. The number of halogens is 2. The van der Waals surface area contributed by atoms with E-state index >= 15 is 0 Å². The molecule has 1 fully saturated rings. The standard InChI is InChI=1S/C29H23Br2N3O7/c1-15-5-4-6-23(16(15)2)32-24(35)14-41-25-18(11-19(30)13-22(25)31)12-21-26(36)33-29(39)34(27(21)37)20-9-7-17(8-10-20)28(38)40-3/h4-13H,14H2,1-3H3,(H,32,35)(H,33,36,39)/b21-12-. The van der Waals surface area contributed by atoms with E-state index in [1.165, 1.54) is 37.5 Å². The number of nitrogens with zero attached hydrogens (tertiary/aromatic N) is 1. The summed E-state index contributed by atoms with van der Waals surface area (Å²) in [6, 6.07) is 13.4. The predicted molar refractivity (Wildman–Crippen MR) is 159 cm³/mol. The monoisotopic (exact) mass is 683 g/mol. The summed E-state index contributed by atoms with van der Waals surface area (Å²) < 4.78 is 11.5. The Labute approximate surface area is 251 Å². The van der Waals surface area contributed by atoms with E-state index in [9.17, 15) is 24.0 Å². The molecule has 3 aromatic rings. The van der Waals surface area contributed by atoms with Crippen LogP contribution in [0.3, 0.4) is 0 Å². The fraction of sp³-hybridized carbons (Fsp3) is 0.138. The highest BCUT2D eigenvalue weighted by Crippen LogP contribution is 2.35. The molecule has 4 rings (SSSR count). The van der Waals surface area contributed by atoms with Gasteiger partial charge in [0.05, 0.1) is 22.8 Å². The van der Waals surface area contributed by atoms with Crippen molar-refractivity contribution in [2.24, 2.45) is 0 Å². The van der Waals surface area contributed by atoms with E-state index in [2.05, 4.69) is 47.2 Å². The molecule has 210 valence electrons. The second-order valence-corrected chi connectivity index (χ2v) is 10.7. The summed E-state index contributed by atoms with van der Waals surface area (Å²) in [5, 5.41) is 4.97. The van der Waals surface area contributed by atoms with Gasteiger partial charge in [0.2, 0.25) is 0 Å². The molecule has 0 unspecified atom stereocenters. The number of anilines is 2. The average molecular weight is 685 g/mol. The Morgan fingerprint density at radius 3 is 2.41 bits per heavy atom. The number of hydrogen-bond acceptors (Lipinski definition) is 7. The van der Waals surface area contributed by atoms with Gasteiger partial charge in [-0.2, -0.15) is 0 Å². The number of aryl methyl sites for hydroxylation is 1. The van der Waals surface area contributed by atoms with Gasteiger partial charge in [-0.05, 0) is 89.4 Å². The van der Waals surface area contributed by atoms with Crippen LogP contribution in [0.1, 0.15) is 27.0 Å². The molecule has 41 heavy (non-hydrogen) atoms. The van der Waals surface area contributed by atoms with E-state index in [1.807, 2.05) is 26.0 Å². The smallest absolute Gasteiger partial charge is 0.337 e. The number of amides is 5. The average Bonchev–Trinajstić information content (AvgIpc) is 2.92. The lowest BCUT2D eigenvalue weighted by Crippen LogP contribution is -2.54. The molecule has 10 nitrogen and oxygen atoms in total. The van der Waals surface area contributed by atoms with Crippen molar-refractivity contribution >= 4 is 79.0 Å². The molecule has 0 aliphatic carbocycles. The van der Waals surface area contributed by atoms with E-state index in [0.29, 0.717) is 20.2 Å². The Morgan fingerprint density at radius 1 is 1.02 bits per heavy atom. The van der Waals surface area contributed by atoms with Crippen LogP contribution >= 0.6 is 31.9 Å². The predicted octanol–water partition coefficient (Wildman–Crippen LogP) is 5.30. The van der Waals surface area contributed by atoms with Crippen molar-refractivity contribution in [3.05, 3.63) is 91.4 Å². The van der Waals surface area contributed by atoms with E-state index < -0.39 is 29.7 Å². The Kier molecular flexibility index (Phi) is 9.04. The minimum atomic E-state index is -0.946. The Morgan fingerprint density at radius 2 is 1.73 bits per heavy atom. The molecule has 12 heteroatoms. The first-order valence-electron chi connectivity index (χ1n) is 12.1. The van der Waals surface area contributed by atoms with Crippen LogP contribution in [0, 0.1) is 13.8 Å². The van der Waals surface area contributed by atoms with Crippen molar-refractivity contribution in [3.63, 3.8) is 0 Å². The molecule has 3 aromatic carbocycles. The molecular formula is C29H23Br2N3O7. The third-order valence-corrected chi connectivity index (χ3v) is 7.26. The molecule has 0 radical (unpaired) electrons. The van der Waals surface area contributed by atoms with Crippen LogP contribution in [0.25, 0.3) is 6.08 Å². The van der Waals surface area contributed by atoms with Crippen LogP contribution in [-0.2, 0) is 19.1 Å². The fourth-order valence-corrected chi connectivity index (χ4v) is 5.33. The summed E-state index contributed by atoms with van der Waals surface area (Å²) in [4.78, 5) is 64.0. The van der Waals surface area contributed by atoms with E-state index in [1.54, 1.807) is 18.2 Å². The second-order valence-electron chi connectivity index (χ2n) is 8.89. The van der Waals surface area contributed by atoms with Crippen LogP contribution in [0.4, 0.5) is 16.2 Å². The number of hydrogen-bond donors (Lipinski definition) is 2. The van der Waals surface area contributed by atoms with E-state index in [-0.39, 0.29) is 29.2 Å². The van der Waals surface area contributed by atoms with Crippen LogP contribution < -0.4 is 20.3 Å². The third kappa shape index (κ3) is 6.55. The molecule has 0 saturated carbocycles. The highest BCUT2D eigenvalue weighted by atomic mass is 79.9. The minimum absolute atomic E-state index is 0.133. The maximum Gasteiger partial charge on any atom is 0.337 e. The van der Waals surface area contributed by atoms with Crippen molar-refractivity contribution in [2.75, 3.05) is 23.9 Å². The quantitative estimate of drug-likeness (QED) is 0.196. The van der Waals surface area contributed by atoms with Crippen molar-refractivity contribution < 1.29 is 33.4 Å². The Bertz CT molecular complexity index is 1620. The van der Waals surface area contributed by atoms with Gasteiger partial charge in [-0.15, -0.1) is 0 Å². The molecule has 0 aromatic heterocycles. The number of carbonyl (C=O) groups is 5. The van der Waals surface area contributed by atoms with Gasteiger partial charge in [0, 0.05) is 15.7 Å². The lowest BCUT2D eigenvalue weighted by atomic mass is 10.1. The van der Waals surface area contributed by atoms with Crippen molar-refractivity contribution in [2.45, 2.75) is 13.8 Å². The maximum atomic E-state index is 13.4. The number of nitrogens with one attached hydrogen (secondary N) is 2. The molecule has 1 aliphatic rings. The van der Waals surface area contributed by atoms with E-state index in [4.69, 9.17) is 4.74 Å². The number of urea groups is 1. The fourth-order valence-electron chi connectivity index (χ4n) is 3.96. The lowest BCUT2D eigenvalue weighted by Gasteiger charge is -2.26. The zero-order chi connectivity index (χ0) is 29.8. The zero-order valence-corrected chi connectivity index (χ0v) is 25.2. The molecule has 1 heterocycles. The summed E-state index contributed by atoms with van der Waals surface area (Å²) >= 11 is 6.79. The molecule has 1 aliphatic heterocycles. The number of ether oxygens (including phenoxy) is 2. The van der Waals surface area contributed by atoms with Gasteiger partial charge in [0.25, 0.3) is 17.7 Å². The summed E-state index contributed by atoms with van der Waals surface area (Å²) in [6.07, 6.45) is 1.27. The van der Waals surface area contributed by atoms with Crippen molar-refractivity contribution in [1.82, 2.24) is 5.32 Å². The number of barbiturate groups is 1. The van der Waals surface area contributed by atoms with Crippen molar-refractivity contribution in [1.29, 1.82) is 0 Å². The summed E-state index contributed by atoms with van der Waals surface area (Å²) in [5.74, 6) is -2.59. The number of imide groups is 2. The minimum Gasteiger partial charge on any atom is -0.482 e. The highest BCUT2D eigenvalue weighted by molar-refractivity contribution is 9.11. The van der Waals surface area contributed by atoms with Gasteiger partial charge in [0.15, 0.2) is 6.61 Å². The van der Waals surface area contributed by atoms with Gasteiger partial charge in [0.1, 0.15) is 11.3 Å². The van der Waals surface area contributed by atoms with Gasteiger partial charge in [-0.1, -0.05) is 28.1 Å². The number of esters is 1. The molecule has 2 N–H and O–H groups in total. The van der Waals surface area contributed by atoms with Gasteiger partial charge >= 0.3 is 12.0 Å². The molecule has 0 spiro atoms. The first-order valence-corrected chi connectivity index (χ1v) is 13.7. The summed E-state index contributed by atoms with van der Waals surface area (Å²) in [6.45, 7) is 3.48. The topological polar surface area (TPSA) is 131 Å². The van der Waals surface area contributed by atoms with Gasteiger partial charge in [-0.3, -0.25) is 19.7 Å². The number of methoxy groups -OCH3 is 1. The van der Waals surface area contributed by atoms with Crippen LogP contribution in [0.15, 0.2) is 69.1 Å². The third-order valence-electron chi connectivity index (χ3n) is 6.21. The van der Waals surface area contributed by atoms with Crippen molar-refractivity contribution in [3.8, 4) is 5.75 Å². The maximum absolute atomic E-state index is 13.4. The van der Waals surface area contributed by atoms with Gasteiger partial charge in [-0.25, -0.2) is 14.5 Å². The van der Waals surface area contributed by atoms with E-state index in [0.717, 1.165) is 16.0 Å². The zero-order valence-electron chi connectivity index (χ0n) is 22.0.